The van der Waals surface area contributed by atoms with E-state index in [9.17, 15) is 9.36 Å². The van der Waals surface area contributed by atoms with Gasteiger partial charge in [-0.3, -0.25) is 9.79 Å². The molecule has 0 bridgehead atoms. The van der Waals surface area contributed by atoms with E-state index >= 15 is 0 Å². The number of aromatic nitrogens is 3. The first-order chi connectivity index (χ1) is 10.5. The minimum absolute atomic E-state index is 0. The van der Waals surface area contributed by atoms with Crippen molar-refractivity contribution in [2.75, 3.05) is 0 Å². The van der Waals surface area contributed by atoms with Crippen LogP contribution in [0.15, 0.2) is 54.6 Å². The second-order valence-electron chi connectivity index (χ2n) is 4.05. The van der Waals surface area contributed by atoms with Gasteiger partial charge in [-0.15, -0.1) is 0 Å². The van der Waals surface area contributed by atoms with E-state index in [0.717, 1.165) is 11.0 Å². The van der Waals surface area contributed by atoms with Crippen molar-refractivity contribution in [2.24, 2.45) is 0 Å². The SMILES string of the molecule is O=C(OP(=O)(O)O)c1ccccc1.[H-].[H-].[Na+].[Na+].c1ccc2n[nH]nc2c1. The largest absolute Gasteiger partial charge is 1.00 e. The summed E-state index contributed by atoms with van der Waals surface area (Å²) in [5.74, 6) is -1.03. The normalized spacial score (nSPS) is 9.75. The number of para-hydroxylation sites is 2. The van der Waals surface area contributed by atoms with Crippen LogP contribution in [0.25, 0.3) is 11.0 Å². The zero-order chi connectivity index (χ0) is 16.0. The molecule has 3 rings (SSSR count). The van der Waals surface area contributed by atoms with Crippen molar-refractivity contribution in [1.29, 1.82) is 0 Å². The molecule has 0 unspecified atom stereocenters. The van der Waals surface area contributed by atoms with Crippen LogP contribution in [0.2, 0.25) is 0 Å². The van der Waals surface area contributed by atoms with E-state index in [2.05, 4.69) is 19.9 Å². The zero-order valence-corrected chi connectivity index (χ0v) is 18.1. The predicted octanol–water partition coefficient (Wildman–Crippen LogP) is -3.87. The maximum atomic E-state index is 10.9. The average Bonchev–Trinajstić information content (AvgIpc) is 2.95. The van der Waals surface area contributed by atoms with Gasteiger partial charge in [0, 0.05) is 0 Å². The number of carbonyl (C=O) groups excluding carboxylic acids is 1. The number of carbonyl (C=O) groups is 1. The van der Waals surface area contributed by atoms with Crippen LogP contribution in [0.5, 0.6) is 0 Å². The number of nitrogens with one attached hydrogen (secondary N) is 1. The Morgan fingerprint density at radius 2 is 1.42 bits per heavy atom. The van der Waals surface area contributed by atoms with E-state index in [1.165, 1.54) is 12.1 Å². The third kappa shape index (κ3) is 8.02. The summed E-state index contributed by atoms with van der Waals surface area (Å²) < 4.78 is 14.1. The van der Waals surface area contributed by atoms with Gasteiger partial charge in [-0.2, -0.15) is 15.4 Å². The number of phosphoric ester groups is 1. The van der Waals surface area contributed by atoms with Gasteiger partial charge in [0.05, 0.1) is 5.56 Å². The molecule has 0 aliphatic carbocycles. The van der Waals surface area contributed by atoms with Gasteiger partial charge >= 0.3 is 72.9 Å². The van der Waals surface area contributed by atoms with Gasteiger partial charge in [0.25, 0.3) is 0 Å². The quantitative estimate of drug-likeness (QED) is 0.312. The van der Waals surface area contributed by atoms with Gasteiger partial charge in [-0.05, 0) is 24.3 Å². The van der Waals surface area contributed by atoms with Crippen molar-refractivity contribution in [3.63, 3.8) is 0 Å². The molecular formula is C13H14N3Na2O5P. The Labute approximate surface area is 184 Å². The standard InChI is InChI=1S/C7H7O5P.C6H5N3.2Na.2H/c8-7(12-13(9,10)11)6-4-2-1-3-5-6;1-2-4-6-5(3-1)7-9-8-6;;;;/h1-5H,(H2,9,10,11);1-4H,(H,7,8,9);;;;/q;;2*+1;2*-1. The van der Waals surface area contributed by atoms with Crippen molar-refractivity contribution in [3.8, 4) is 0 Å². The number of aromatic amines is 1. The molecule has 0 atom stereocenters. The van der Waals surface area contributed by atoms with Crippen LogP contribution in [-0.4, -0.2) is 31.2 Å². The first-order valence-electron chi connectivity index (χ1n) is 6.06. The van der Waals surface area contributed by atoms with E-state index < -0.39 is 13.8 Å². The molecule has 3 aromatic rings. The maximum absolute atomic E-state index is 10.9. The van der Waals surface area contributed by atoms with Gasteiger partial charge in [0.15, 0.2) is 0 Å². The molecule has 0 spiro atoms. The van der Waals surface area contributed by atoms with Gasteiger partial charge in [-0.25, -0.2) is 9.36 Å². The second-order valence-corrected chi connectivity index (χ2v) is 5.21. The molecule has 118 valence electrons. The monoisotopic (exact) mass is 369 g/mol. The van der Waals surface area contributed by atoms with Crippen LogP contribution in [0.4, 0.5) is 0 Å². The average molecular weight is 369 g/mol. The number of H-pyrrole nitrogens is 1. The Balaban J connectivity index is -0.000000365. The molecule has 3 N–H and O–H groups in total. The number of rotatable bonds is 2. The van der Waals surface area contributed by atoms with Crippen LogP contribution in [0.3, 0.4) is 0 Å². The topological polar surface area (TPSA) is 125 Å². The minimum atomic E-state index is -4.74. The van der Waals surface area contributed by atoms with Gasteiger partial charge in [-0.1, -0.05) is 30.3 Å². The Bertz CT molecular complexity index is 789. The third-order valence-corrected chi connectivity index (χ3v) is 2.84. The smallest absolute Gasteiger partial charge is 1.00 e. The summed E-state index contributed by atoms with van der Waals surface area (Å²) in [6, 6.07) is 15.3. The zero-order valence-electron chi connectivity index (χ0n) is 15.2. The maximum Gasteiger partial charge on any atom is 1.00 e. The molecule has 0 amide bonds. The Morgan fingerprint density at radius 3 is 1.88 bits per heavy atom. The summed E-state index contributed by atoms with van der Waals surface area (Å²) in [4.78, 5) is 27.6. The van der Waals surface area contributed by atoms with E-state index in [1.807, 2.05) is 24.3 Å². The summed E-state index contributed by atoms with van der Waals surface area (Å²) in [7, 11) is -4.74. The number of benzene rings is 2. The van der Waals surface area contributed by atoms with Crippen LogP contribution < -0.4 is 59.1 Å². The molecule has 0 fully saturated rings. The molecule has 0 saturated carbocycles. The molecule has 24 heavy (non-hydrogen) atoms. The third-order valence-electron chi connectivity index (χ3n) is 2.43. The molecule has 0 aliphatic heterocycles. The van der Waals surface area contributed by atoms with Crippen LogP contribution in [0.1, 0.15) is 13.2 Å². The number of hydrogen-bond acceptors (Lipinski definition) is 5. The Hall–Kier alpha value is -0.540. The Morgan fingerprint density at radius 1 is 0.958 bits per heavy atom. The molecule has 1 heterocycles. The molecular weight excluding hydrogens is 355 g/mol. The summed E-state index contributed by atoms with van der Waals surface area (Å²) in [5.41, 5.74) is 1.93. The number of fused-ring (bicyclic) bond motifs is 1. The molecule has 2 aromatic carbocycles. The van der Waals surface area contributed by atoms with Gasteiger partial charge in [0.1, 0.15) is 11.0 Å². The minimum Gasteiger partial charge on any atom is -1.00 e. The second kappa shape index (κ2) is 11.1. The van der Waals surface area contributed by atoms with Crippen molar-refractivity contribution in [3.05, 3.63) is 60.2 Å². The van der Waals surface area contributed by atoms with Gasteiger partial charge < -0.3 is 7.38 Å². The van der Waals surface area contributed by atoms with Gasteiger partial charge in [0.2, 0.25) is 0 Å². The fourth-order valence-corrected chi connectivity index (χ4v) is 1.84. The molecule has 0 radical (unpaired) electrons. The van der Waals surface area contributed by atoms with Crippen molar-refractivity contribution in [1.82, 2.24) is 15.4 Å². The van der Waals surface area contributed by atoms with E-state index in [4.69, 9.17) is 9.79 Å². The van der Waals surface area contributed by atoms with Crippen LogP contribution in [0, 0.1) is 0 Å². The number of phosphoric acid groups is 1. The molecule has 8 nitrogen and oxygen atoms in total. The summed E-state index contributed by atoms with van der Waals surface area (Å²) in [5, 5.41) is 10.3. The number of hydrogen-bond donors (Lipinski definition) is 3. The Kier molecular flexibility index (Phi) is 10.9. The van der Waals surface area contributed by atoms with Crippen LogP contribution in [-0.2, 0) is 9.09 Å². The number of nitrogens with zero attached hydrogens (tertiary/aromatic N) is 2. The van der Waals surface area contributed by atoms with Crippen molar-refractivity contribution in [2.45, 2.75) is 0 Å². The predicted molar refractivity (Wildman–Crippen MR) is 80.0 cm³/mol. The first kappa shape index (κ1) is 23.5. The van der Waals surface area contributed by atoms with Crippen molar-refractivity contribution >= 4 is 24.8 Å². The van der Waals surface area contributed by atoms with E-state index in [1.54, 1.807) is 18.2 Å². The molecule has 11 heteroatoms. The fraction of sp³-hybridized carbons (Fsp3) is 0. The fourth-order valence-electron chi connectivity index (χ4n) is 1.52. The van der Waals surface area contributed by atoms with Crippen molar-refractivity contribution < 1.29 is 85.6 Å². The van der Waals surface area contributed by atoms with E-state index in [-0.39, 0.29) is 67.5 Å². The molecule has 0 saturated heterocycles. The summed E-state index contributed by atoms with van der Waals surface area (Å²) in [6.07, 6.45) is 0. The summed E-state index contributed by atoms with van der Waals surface area (Å²) in [6.45, 7) is 0. The first-order valence-corrected chi connectivity index (χ1v) is 7.59. The molecule has 0 aliphatic rings. The molecule has 1 aromatic heterocycles. The van der Waals surface area contributed by atoms with Crippen LogP contribution >= 0.6 is 7.82 Å². The van der Waals surface area contributed by atoms with E-state index in [0.29, 0.717) is 0 Å². The summed E-state index contributed by atoms with van der Waals surface area (Å²) >= 11 is 0.